The van der Waals surface area contributed by atoms with Gasteiger partial charge in [-0.25, -0.2) is 0 Å². The maximum absolute atomic E-state index is 11.8. The fourth-order valence-electron chi connectivity index (χ4n) is 1.84. The number of hydrogen-bond acceptors (Lipinski definition) is 2. The molecule has 18 heavy (non-hydrogen) atoms. The Bertz CT molecular complexity index is 266. The van der Waals surface area contributed by atoms with E-state index < -0.39 is 12.8 Å². The van der Waals surface area contributed by atoms with Crippen LogP contribution >= 0.6 is 11.6 Å². The van der Waals surface area contributed by atoms with Crippen LogP contribution in [0.5, 0.6) is 0 Å². The first-order chi connectivity index (χ1) is 8.42. The number of hydrogen-bond donors (Lipinski definition) is 0. The molecule has 1 aliphatic rings. The molecule has 7 heteroatoms. The number of carbonyl (C=O) groups is 1. The minimum Gasteiger partial charge on any atom is -0.372 e. The minimum atomic E-state index is -4.33. The molecule has 0 unspecified atom stereocenters. The van der Waals surface area contributed by atoms with Gasteiger partial charge in [0.2, 0.25) is 5.91 Å². The molecular formula is C11H17ClF3NO2. The number of amides is 1. The highest BCUT2D eigenvalue weighted by atomic mass is 35.5. The number of carbonyl (C=O) groups excluding carboxylic acids is 1. The lowest BCUT2D eigenvalue weighted by Crippen LogP contribution is -2.39. The van der Waals surface area contributed by atoms with Gasteiger partial charge in [0, 0.05) is 19.0 Å². The first-order valence-electron chi connectivity index (χ1n) is 5.90. The van der Waals surface area contributed by atoms with Crippen molar-refractivity contribution in [1.82, 2.24) is 4.90 Å². The van der Waals surface area contributed by atoms with Gasteiger partial charge >= 0.3 is 6.18 Å². The summed E-state index contributed by atoms with van der Waals surface area (Å²) in [5, 5.41) is 0. The van der Waals surface area contributed by atoms with Crippen molar-refractivity contribution >= 4 is 17.5 Å². The van der Waals surface area contributed by atoms with E-state index in [2.05, 4.69) is 4.74 Å². The molecule has 0 bridgehead atoms. The van der Waals surface area contributed by atoms with Crippen molar-refractivity contribution in [3.63, 3.8) is 0 Å². The van der Waals surface area contributed by atoms with Crippen LogP contribution in [-0.2, 0) is 9.53 Å². The van der Waals surface area contributed by atoms with E-state index in [1.165, 1.54) is 0 Å². The summed E-state index contributed by atoms with van der Waals surface area (Å²) >= 11 is 5.72. The van der Waals surface area contributed by atoms with Crippen molar-refractivity contribution in [2.75, 3.05) is 32.2 Å². The Labute approximate surface area is 109 Å². The van der Waals surface area contributed by atoms with Gasteiger partial charge in [0.25, 0.3) is 0 Å². The van der Waals surface area contributed by atoms with Crippen molar-refractivity contribution in [2.45, 2.75) is 25.4 Å². The van der Waals surface area contributed by atoms with E-state index in [1.54, 1.807) is 4.90 Å². The number of piperidine rings is 1. The molecule has 1 amide bonds. The molecule has 0 spiro atoms. The van der Waals surface area contributed by atoms with Crippen LogP contribution in [0.15, 0.2) is 0 Å². The molecule has 0 aliphatic carbocycles. The molecule has 0 aromatic rings. The summed E-state index contributed by atoms with van der Waals surface area (Å²) in [6.07, 6.45) is -2.61. The summed E-state index contributed by atoms with van der Waals surface area (Å²) in [4.78, 5) is 13.3. The summed E-state index contributed by atoms with van der Waals surface area (Å²) in [6, 6.07) is 0. The normalized spacial score (nSPS) is 18.1. The zero-order valence-electron chi connectivity index (χ0n) is 10.0. The Morgan fingerprint density at radius 2 is 1.94 bits per heavy atom. The van der Waals surface area contributed by atoms with Crippen LogP contribution in [0.1, 0.15) is 19.3 Å². The maximum Gasteiger partial charge on any atom is 0.411 e. The van der Waals surface area contributed by atoms with Crippen LogP contribution in [0.25, 0.3) is 0 Å². The maximum atomic E-state index is 11.8. The van der Waals surface area contributed by atoms with Gasteiger partial charge in [0.15, 0.2) is 0 Å². The molecule has 0 N–H and O–H groups in total. The van der Waals surface area contributed by atoms with Crippen LogP contribution in [-0.4, -0.2) is 49.2 Å². The first kappa shape index (κ1) is 15.6. The van der Waals surface area contributed by atoms with Crippen molar-refractivity contribution in [3.8, 4) is 0 Å². The summed E-state index contributed by atoms with van der Waals surface area (Å²) in [5.41, 5.74) is 0. The smallest absolute Gasteiger partial charge is 0.372 e. The highest BCUT2D eigenvalue weighted by Gasteiger charge is 2.27. The molecule has 1 saturated heterocycles. The highest BCUT2D eigenvalue weighted by Crippen LogP contribution is 2.19. The van der Waals surface area contributed by atoms with Gasteiger partial charge in [-0.1, -0.05) is 0 Å². The third-order valence-corrected chi connectivity index (χ3v) is 3.35. The topological polar surface area (TPSA) is 29.5 Å². The van der Waals surface area contributed by atoms with Crippen LogP contribution in [0.4, 0.5) is 13.2 Å². The fourth-order valence-corrected chi connectivity index (χ4v) is 2.15. The average molecular weight is 288 g/mol. The van der Waals surface area contributed by atoms with E-state index in [0.717, 1.165) is 12.8 Å². The molecule has 1 heterocycles. The van der Waals surface area contributed by atoms with Crippen LogP contribution in [0.2, 0.25) is 0 Å². The van der Waals surface area contributed by atoms with Crippen molar-refractivity contribution in [2.24, 2.45) is 5.92 Å². The van der Waals surface area contributed by atoms with Gasteiger partial charge in [0.05, 0.1) is 13.0 Å². The minimum absolute atomic E-state index is 0.00161. The second-order valence-corrected chi connectivity index (χ2v) is 4.70. The van der Waals surface area contributed by atoms with Crippen LogP contribution in [0, 0.1) is 5.92 Å². The number of rotatable bonds is 5. The number of alkyl halides is 4. The Kier molecular flexibility index (Phi) is 6.21. The van der Waals surface area contributed by atoms with Gasteiger partial charge in [-0.3, -0.25) is 4.79 Å². The predicted octanol–water partition coefficient (Wildman–Crippen LogP) is 2.43. The lowest BCUT2D eigenvalue weighted by molar-refractivity contribution is -0.175. The standard InChI is InChI=1S/C11H17ClF3NO2/c12-7-9-1-4-16(5-2-9)10(17)3-6-18-8-11(13,14)15/h9H,1-8H2. The average Bonchev–Trinajstić information content (AvgIpc) is 2.33. The second-order valence-electron chi connectivity index (χ2n) is 4.40. The van der Waals surface area contributed by atoms with Gasteiger partial charge in [-0.15, -0.1) is 11.6 Å². The Hall–Kier alpha value is -0.490. The Balaban J connectivity index is 2.14. The zero-order valence-corrected chi connectivity index (χ0v) is 10.8. The molecule has 0 radical (unpaired) electrons. The van der Waals surface area contributed by atoms with Gasteiger partial charge in [-0.05, 0) is 18.8 Å². The Morgan fingerprint density at radius 1 is 1.33 bits per heavy atom. The molecule has 3 nitrogen and oxygen atoms in total. The van der Waals surface area contributed by atoms with Gasteiger partial charge in [-0.2, -0.15) is 13.2 Å². The molecule has 0 saturated carbocycles. The largest absolute Gasteiger partial charge is 0.411 e. The van der Waals surface area contributed by atoms with E-state index in [4.69, 9.17) is 11.6 Å². The molecule has 0 aromatic heterocycles. The molecule has 0 atom stereocenters. The van der Waals surface area contributed by atoms with Crippen molar-refractivity contribution in [1.29, 1.82) is 0 Å². The number of halogens is 4. The monoisotopic (exact) mass is 287 g/mol. The van der Waals surface area contributed by atoms with Gasteiger partial charge < -0.3 is 9.64 Å². The third-order valence-electron chi connectivity index (χ3n) is 2.91. The van der Waals surface area contributed by atoms with E-state index in [0.29, 0.717) is 24.9 Å². The summed E-state index contributed by atoms with van der Waals surface area (Å²) < 4.78 is 39.8. The van der Waals surface area contributed by atoms with Crippen molar-refractivity contribution < 1.29 is 22.7 Å². The lowest BCUT2D eigenvalue weighted by atomic mass is 9.99. The lowest BCUT2D eigenvalue weighted by Gasteiger charge is -2.31. The Morgan fingerprint density at radius 3 is 2.44 bits per heavy atom. The third kappa shape index (κ3) is 5.91. The zero-order chi connectivity index (χ0) is 13.6. The summed E-state index contributed by atoms with van der Waals surface area (Å²) in [5.74, 6) is 0.888. The van der Waals surface area contributed by atoms with Crippen molar-refractivity contribution in [3.05, 3.63) is 0 Å². The second kappa shape index (κ2) is 7.19. The molecule has 1 rings (SSSR count). The van der Waals surface area contributed by atoms with E-state index in [-0.39, 0.29) is 18.9 Å². The molecular weight excluding hydrogens is 271 g/mol. The van der Waals surface area contributed by atoms with E-state index in [1.807, 2.05) is 0 Å². The predicted molar refractivity (Wildman–Crippen MR) is 61.5 cm³/mol. The van der Waals surface area contributed by atoms with Gasteiger partial charge in [0.1, 0.15) is 6.61 Å². The first-order valence-corrected chi connectivity index (χ1v) is 6.44. The number of ether oxygens (including phenoxy) is 1. The molecule has 1 fully saturated rings. The summed E-state index contributed by atoms with van der Waals surface area (Å²) in [7, 11) is 0. The van der Waals surface area contributed by atoms with Crippen LogP contribution in [0.3, 0.4) is 0 Å². The van der Waals surface area contributed by atoms with E-state index in [9.17, 15) is 18.0 Å². The summed E-state index contributed by atoms with van der Waals surface area (Å²) in [6.45, 7) is -0.215. The fraction of sp³-hybridized carbons (Fsp3) is 0.909. The quantitative estimate of drug-likeness (QED) is 0.574. The van der Waals surface area contributed by atoms with E-state index >= 15 is 0 Å². The highest BCUT2D eigenvalue weighted by molar-refractivity contribution is 6.18. The molecule has 1 aliphatic heterocycles. The molecule has 0 aromatic carbocycles. The number of likely N-dealkylation sites (tertiary alicyclic amines) is 1. The number of nitrogens with zero attached hydrogens (tertiary/aromatic N) is 1. The molecule has 106 valence electrons. The SMILES string of the molecule is O=C(CCOCC(F)(F)F)N1CCC(CCl)CC1. The van der Waals surface area contributed by atoms with Crippen LogP contribution < -0.4 is 0 Å².